The van der Waals surface area contributed by atoms with E-state index in [0.29, 0.717) is 12.8 Å². The smallest absolute Gasteiger partial charge is 0.220 e. The summed E-state index contributed by atoms with van der Waals surface area (Å²) in [7, 11) is 0. The number of allylic oxidation sites excluding steroid dienone is 11. The van der Waals surface area contributed by atoms with Crippen molar-refractivity contribution in [1.82, 2.24) is 5.32 Å². The molecule has 85 heavy (non-hydrogen) atoms. The third-order valence-corrected chi connectivity index (χ3v) is 16.0. The Labute approximate surface area is 508 Å². The second-order valence-corrected chi connectivity index (χ2v) is 23.2. The normalized spacial score (nSPS) is 29.4. The fourth-order valence-electron chi connectivity index (χ4n) is 10.7. The molecule has 17 unspecified atom stereocenters. The first kappa shape index (κ1) is 76.5. The molecule has 492 valence electrons. The van der Waals surface area contributed by atoms with Gasteiger partial charge in [0.25, 0.3) is 0 Å². The zero-order chi connectivity index (χ0) is 61.9. The van der Waals surface area contributed by atoms with Crippen LogP contribution in [0.4, 0.5) is 0 Å². The lowest BCUT2D eigenvalue weighted by atomic mass is 9.96. The number of aliphatic hydroxyl groups is 11. The van der Waals surface area contributed by atoms with E-state index in [1.165, 1.54) is 89.9 Å². The van der Waals surface area contributed by atoms with Gasteiger partial charge in [0.2, 0.25) is 5.91 Å². The summed E-state index contributed by atoms with van der Waals surface area (Å²) in [6, 6.07) is -1.00. The highest BCUT2D eigenvalue weighted by atomic mass is 16.8. The Balaban J connectivity index is 1.49. The Morgan fingerprint density at radius 2 is 0.824 bits per heavy atom. The van der Waals surface area contributed by atoms with Crippen molar-refractivity contribution in [2.45, 2.75) is 311 Å². The SMILES string of the molecule is CC/C=C\C/C=C\C/C=C\C/C=C\CCCCCCCCC(=O)NC(COC1OC(CO)C(OC2OC(CO)C(OC3OC(CO)C(O)C(O)C3O)C(O)C2O)C(O)C1O)C(O)/C=C/CC/C=C/CCCCCCCCCCCCCCCCC. The van der Waals surface area contributed by atoms with Gasteiger partial charge in [0, 0.05) is 6.42 Å². The highest BCUT2D eigenvalue weighted by Gasteiger charge is 2.53. The lowest BCUT2D eigenvalue weighted by molar-refractivity contribution is -0.379. The number of hydrogen-bond donors (Lipinski definition) is 12. The van der Waals surface area contributed by atoms with Gasteiger partial charge in [0.15, 0.2) is 18.9 Å². The molecule has 3 rings (SSSR count). The number of carbonyl (C=O) groups excluding carboxylic acids is 1. The van der Waals surface area contributed by atoms with E-state index in [2.05, 4.69) is 79.9 Å². The molecule has 0 aromatic heterocycles. The second-order valence-electron chi connectivity index (χ2n) is 23.2. The molecule has 17 atom stereocenters. The van der Waals surface area contributed by atoms with E-state index in [4.69, 9.17) is 28.4 Å². The lowest BCUT2D eigenvalue weighted by Gasteiger charge is -2.48. The first-order chi connectivity index (χ1) is 41.3. The topological polar surface area (TPSA) is 307 Å². The minimum Gasteiger partial charge on any atom is -0.394 e. The summed E-state index contributed by atoms with van der Waals surface area (Å²) in [5.74, 6) is -0.302. The van der Waals surface area contributed by atoms with Crippen molar-refractivity contribution in [1.29, 1.82) is 0 Å². The van der Waals surface area contributed by atoms with Crippen LogP contribution < -0.4 is 5.32 Å². The molecule has 0 bridgehead atoms. The Bertz CT molecular complexity index is 1830. The molecule has 0 aliphatic carbocycles. The number of aliphatic hydroxyl groups excluding tert-OH is 11. The third kappa shape index (κ3) is 31.0. The number of carbonyl (C=O) groups is 1. The molecule has 19 nitrogen and oxygen atoms in total. The van der Waals surface area contributed by atoms with Gasteiger partial charge < -0.3 is 89.9 Å². The van der Waals surface area contributed by atoms with E-state index < -0.39 is 124 Å². The Morgan fingerprint density at radius 3 is 1.32 bits per heavy atom. The predicted octanol–water partition coefficient (Wildman–Crippen LogP) is 7.38. The number of ether oxygens (including phenoxy) is 6. The van der Waals surface area contributed by atoms with Gasteiger partial charge in [-0.15, -0.1) is 0 Å². The summed E-state index contributed by atoms with van der Waals surface area (Å²) >= 11 is 0. The zero-order valence-corrected chi connectivity index (χ0v) is 51.6. The highest BCUT2D eigenvalue weighted by molar-refractivity contribution is 5.76. The summed E-state index contributed by atoms with van der Waals surface area (Å²) in [6.07, 6.45) is 31.6. The van der Waals surface area contributed by atoms with Crippen molar-refractivity contribution in [3.8, 4) is 0 Å². The van der Waals surface area contributed by atoms with Crippen molar-refractivity contribution in [3.05, 3.63) is 72.9 Å². The van der Waals surface area contributed by atoms with Gasteiger partial charge >= 0.3 is 0 Å². The van der Waals surface area contributed by atoms with E-state index in [1.807, 2.05) is 6.08 Å². The highest BCUT2D eigenvalue weighted by Crippen LogP contribution is 2.33. The van der Waals surface area contributed by atoms with Crippen LogP contribution >= 0.6 is 0 Å². The number of hydrogen-bond acceptors (Lipinski definition) is 18. The largest absolute Gasteiger partial charge is 0.394 e. The van der Waals surface area contributed by atoms with Crippen LogP contribution in [0.2, 0.25) is 0 Å². The Hall–Kier alpha value is -2.77. The van der Waals surface area contributed by atoms with Gasteiger partial charge in [0.1, 0.15) is 73.2 Å². The predicted molar refractivity (Wildman–Crippen MR) is 328 cm³/mol. The summed E-state index contributed by atoms with van der Waals surface area (Å²) in [4.78, 5) is 13.4. The van der Waals surface area contributed by atoms with Crippen molar-refractivity contribution >= 4 is 5.91 Å². The molecule has 1 amide bonds. The van der Waals surface area contributed by atoms with Crippen molar-refractivity contribution in [2.75, 3.05) is 26.4 Å². The van der Waals surface area contributed by atoms with Crippen LogP contribution in [0.25, 0.3) is 0 Å². The first-order valence-electron chi connectivity index (χ1n) is 32.7. The van der Waals surface area contributed by atoms with Gasteiger partial charge in [-0.25, -0.2) is 0 Å². The molecule has 3 fully saturated rings. The van der Waals surface area contributed by atoms with Crippen molar-refractivity contribution in [3.63, 3.8) is 0 Å². The molecule has 0 aromatic rings. The van der Waals surface area contributed by atoms with Crippen LogP contribution in [-0.2, 0) is 33.2 Å². The summed E-state index contributed by atoms with van der Waals surface area (Å²) in [6.45, 7) is 1.58. The number of unbranched alkanes of at least 4 members (excludes halogenated alkanes) is 22. The third-order valence-electron chi connectivity index (χ3n) is 16.0. The average Bonchev–Trinajstić information content (AvgIpc) is 3.10. The Morgan fingerprint density at radius 1 is 0.435 bits per heavy atom. The maximum absolute atomic E-state index is 13.4. The molecule has 12 N–H and O–H groups in total. The van der Waals surface area contributed by atoms with Crippen LogP contribution in [0.15, 0.2) is 72.9 Å². The van der Waals surface area contributed by atoms with Crippen LogP contribution in [0, 0.1) is 0 Å². The van der Waals surface area contributed by atoms with Crippen LogP contribution in [0.3, 0.4) is 0 Å². The monoisotopic (exact) mass is 1210 g/mol. The molecule has 0 aromatic carbocycles. The van der Waals surface area contributed by atoms with Gasteiger partial charge in [-0.3, -0.25) is 4.79 Å². The molecule has 3 saturated heterocycles. The first-order valence-corrected chi connectivity index (χ1v) is 32.7. The zero-order valence-electron chi connectivity index (χ0n) is 51.6. The standard InChI is InChI=1S/C66H115NO18/c1-3-5-7-9-11-13-15-17-19-21-23-24-26-27-29-31-33-35-37-39-41-43-50(71)49(67-54(72)44-42-40-38-36-34-32-30-28-25-22-20-18-16-14-12-10-8-6-4-2)48-80-64-60(78)57(75)62(52(46-69)82-64)85-66-61(79)58(76)63(53(47-70)83-66)84-65-59(77)56(74)55(73)51(45-68)81-65/h6,8,12,14,18,20,25,28,33,35,41,43,49-53,55-66,68-71,73-79H,3-5,7,9-11,13,15-17,19,21-24,26-27,29-32,34,36-40,42,44-48H2,1-2H3,(H,67,72)/b8-6-,14-12-,20-18-,28-25-,35-33+,43-41+. The van der Waals surface area contributed by atoms with E-state index in [-0.39, 0.29) is 18.9 Å². The van der Waals surface area contributed by atoms with Crippen molar-refractivity contribution in [2.24, 2.45) is 0 Å². The average molecular weight is 1210 g/mol. The maximum Gasteiger partial charge on any atom is 0.220 e. The minimum absolute atomic E-state index is 0.216. The van der Waals surface area contributed by atoms with Crippen LogP contribution in [0.1, 0.15) is 206 Å². The van der Waals surface area contributed by atoms with Crippen LogP contribution in [0.5, 0.6) is 0 Å². The minimum atomic E-state index is -1.99. The summed E-state index contributed by atoms with van der Waals surface area (Å²) in [5, 5.41) is 120. The van der Waals surface area contributed by atoms with E-state index in [1.54, 1.807) is 6.08 Å². The number of rotatable bonds is 48. The summed E-state index contributed by atoms with van der Waals surface area (Å²) < 4.78 is 34.3. The fourth-order valence-corrected chi connectivity index (χ4v) is 10.7. The molecule has 3 aliphatic rings. The van der Waals surface area contributed by atoms with Gasteiger partial charge in [-0.1, -0.05) is 202 Å². The van der Waals surface area contributed by atoms with E-state index in [0.717, 1.165) is 83.5 Å². The lowest BCUT2D eigenvalue weighted by Crippen LogP contribution is -2.66. The van der Waals surface area contributed by atoms with E-state index >= 15 is 0 Å². The Kier molecular flexibility index (Phi) is 43.3. The quantitative estimate of drug-likeness (QED) is 0.0209. The van der Waals surface area contributed by atoms with Crippen LogP contribution in [-0.4, -0.2) is 193 Å². The molecule has 0 radical (unpaired) electrons. The van der Waals surface area contributed by atoms with Gasteiger partial charge in [-0.2, -0.15) is 0 Å². The molecular formula is C66H115NO18. The molecule has 3 aliphatic heterocycles. The molecule has 0 saturated carbocycles. The maximum atomic E-state index is 13.4. The molecule has 3 heterocycles. The number of amides is 1. The van der Waals surface area contributed by atoms with E-state index in [9.17, 15) is 61.0 Å². The fraction of sp³-hybridized carbons (Fsp3) is 0.803. The molecule has 0 spiro atoms. The van der Waals surface area contributed by atoms with Gasteiger partial charge in [0.05, 0.1) is 38.6 Å². The summed E-state index contributed by atoms with van der Waals surface area (Å²) in [5.41, 5.74) is 0. The second kappa shape index (κ2) is 48.1. The molecular weight excluding hydrogens is 1090 g/mol. The number of nitrogens with one attached hydrogen (secondary N) is 1. The molecule has 19 heteroatoms. The van der Waals surface area contributed by atoms with Gasteiger partial charge in [-0.05, 0) is 70.6 Å². The van der Waals surface area contributed by atoms with Crippen molar-refractivity contribution < 1.29 is 89.4 Å².